The van der Waals surface area contributed by atoms with Gasteiger partial charge in [-0.25, -0.2) is 4.79 Å². The van der Waals surface area contributed by atoms with Crippen LogP contribution in [0.15, 0.2) is 42.5 Å². The Hall–Kier alpha value is -3.10. The number of benzene rings is 2. The molecule has 0 radical (unpaired) electrons. The Morgan fingerprint density at radius 2 is 1.67 bits per heavy atom. The number of halogens is 1. The first kappa shape index (κ1) is 24.5. The average molecular weight is 473 g/mol. The van der Waals surface area contributed by atoms with E-state index in [1.165, 1.54) is 12.1 Å². The first-order valence-corrected chi connectivity index (χ1v) is 11.4. The van der Waals surface area contributed by atoms with Gasteiger partial charge in [-0.05, 0) is 48.9 Å². The number of carbonyl (C=O) groups is 3. The molecule has 0 bridgehead atoms. The Labute approximate surface area is 198 Å². The van der Waals surface area contributed by atoms with Crippen LogP contribution >= 0.6 is 11.6 Å². The van der Waals surface area contributed by atoms with Crippen molar-refractivity contribution in [2.75, 3.05) is 49.5 Å². The van der Waals surface area contributed by atoms with Crippen LogP contribution in [-0.2, 0) is 4.79 Å². The molecule has 0 unspecified atom stereocenters. The normalized spacial score (nSPS) is 14.1. The molecule has 0 atom stereocenters. The van der Waals surface area contributed by atoms with Crippen molar-refractivity contribution in [3.8, 4) is 0 Å². The third-order valence-electron chi connectivity index (χ3n) is 5.53. The topological polar surface area (TPSA) is 102 Å². The van der Waals surface area contributed by atoms with Crippen molar-refractivity contribution >= 4 is 40.8 Å². The van der Waals surface area contributed by atoms with Crippen LogP contribution in [-0.4, -0.2) is 67.1 Å². The van der Waals surface area contributed by atoms with Crippen molar-refractivity contribution in [2.24, 2.45) is 0 Å². The zero-order valence-electron chi connectivity index (χ0n) is 18.6. The lowest BCUT2D eigenvalue weighted by Crippen LogP contribution is -2.49. The maximum atomic E-state index is 12.8. The lowest BCUT2D eigenvalue weighted by atomic mass is 10.1. The van der Waals surface area contributed by atoms with Crippen molar-refractivity contribution in [3.05, 3.63) is 58.6 Å². The second kappa shape index (κ2) is 11.7. The highest BCUT2D eigenvalue weighted by Gasteiger charge is 2.22. The molecule has 1 saturated heterocycles. The fourth-order valence-corrected chi connectivity index (χ4v) is 3.78. The molecule has 3 N–H and O–H groups in total. The van der Waals surface area contributed by atoms with E-state index in [0.717, 1.165) is 18.5 Å². The summed E-state index contributed by atoms with van der Waals surface area (Å²) in [6.45, 7) is 5.81. The maximum absolute atomic E-state index is 12.8. The number of piperazine rings is 1. The second-order valence-electron chi connectivity index (χ2n) is 7.96. The number of rotatable bonds is 9. The minimum atomic E-state index is -1.07. The van der Waals surface area contributed by atoms with E-state index in [-0.39, 0.29) is 17.4 Å². The van der Waals surface area contributed by atoms with Gasteiger partial charge in [0, 0.05) is 43.3 Å². The van der Waals surface area contributed by atoms with Gasteiger partial charge in [-0.3, -0.25) is 14.5 Å². The Morgan fingerprint density at radius 1 is 1.00 bits per heavy atom. The van der Waals surface area contributed by atoms with Crippen LogP contribution in [0.25, 0.3) is 0 Å². The third kappa shape index (κ3) is 6.94. The largest absolute Gasteiger partial charge is 0.478 e. The summed E-state index contributed by atoms with van der Waals surface area (Å²) in [5.74, 6) is -1.39. The molecule has 2 aromatic rings. The molecule has 9 heteroatoms. The second-order valence-corrected chi connectivity index (χ2v) is 8.40. The molecule has 0 spiro atoms. The molecule has 1 fully saturated rings. The van der Waals surface area contributed by atoms with Gasteiger partial charge in [0.25, 0.3) is 5.91 Å². The molecular formula is C24H29ClN4O4. The van der Waals surface area contributed by atoms with E-state index in [4.69, 9.17) is 11.6 Å². The van der Waals surface area contributed by atoms with Crippen LogP contribution in [0.1, 0.15) is 40.5 Å². The molecule has 3 rings (SSSR count). The summed E-state index contributed by atoms with van der Waals surface area (Å²) in [7, 11) is 0. The van der Waals surface area contributed by atoms with Crippen molar-refractivity contribution < 1.29 is 19.5 Å². The summed E-state index contributed by atoms with van der Waals surface area (Å²) >= 11 is 5.90. The van der Waals surface area contributed by atoms with E-state index in [1.807, 2.05) is 0 Å². The molecule has 33 heavy (non-hydrogen) atoms. The Morgan fingerprint density at radius 3 is 2.30 bits per heavy atom. The molecule has 2 aromatic carbocycles. The van der Waals surface area contributed by atoms with Gasteiger partial charge in [0.15, 0.2) is 0 Å². The number of hydrogen-bond donors (Lipinski definition) is 3. The van der Waals surface area contributed by atoms with Gasteiger partial charge in [0.05, 0.1) is 23.5 Å². The van der Waals surface area contributed by atoms with Crippen molar-refractivity contribution in [3.63, 3.8) is 0 Å². The number of hydrogen-bond acceptors (Lipinski definition) is 5. The standard InChI is InChI=1S/C24H29ClN4O4/c1-2-3-10-26-22(30)16-28-11-13-29(14-12-28)21-9-6-18(24(32)33)15-20(21)27-23(31)17-4-7-19(25)8-5-17/h4-9,15H,2-3,10-14,16H2,1H3,(H,26,30)(H,27,31)(H,32,33). The maximum Gasteiger partial charge on any atom is 0.335 e. The summed E-state index contributed by atoms with van der Waals surface area (Å²) < 4.78 is 0. The van der Waals surface area contributed by atoms with Crippen molar-refractivity contribution in [2.45, 2.75) is 19.8 Å². The summed E-state index contributed by atoms with van der Waals surface area (Å²) in [6.07, 6.45) is 2.01. The summed E-state index contributed by atoms with van der Waals surface area (Å²) in [6, 6.07) is 11.2. The molecule has 1 aliphatic rings. The van der Waals surface area contributed by atoms with Gasteiger partial charge in [-0.2, -0.15) is 0 Å². The number of carboxylic acid groups (broad SMARTS) is 1. The van der Waals surface area contributed by atoms with Crippen LogP contribution in [0, 0.1) is 0 Å². The highest BCUT2D eigenvalue weighted by molar-refractivity contribution is 6.30. The highest BCUT2D eigenvalue weighted by Crippen LogP contribution is 2.29. The van der Waals surface area contributed by atoms with E-state index in [1.54, 1.807) is 30.3 Å². The molecule has 2 amide bonds. The Kier molecular flexibility index (Phi) is 8.68. The molecule has 1 heterocycles. The van der Waals surface area contributed by atoms with Gasteiger partial charge >= 0.3 is 5.97 Å². The van der Waals surface area contributed by atoms with E-state index < -0.39 is 5.97 Å². The van der Waals surface area contributed by atoms with E-state index in [9.17, 15) is 19.5 Å². The van der Waals surface area contributed by atoms with Crippen molar-refractivity contribution in [1.29, 1.82) is 0 Å². The van der Waals surface area contributed by atoms with Gasteiger partial charge in [-0.1, -0.05) is 24.9 Å². The molecule has 8 nitrogen and oxygen atoms in total. The Bertz CT molecular complexity index is 988. The summed E-state index contributed by atoms with van der Waals surface area (Å²) in [4.78, 5) is 40.5. The summed E-state index contributed by atoms with van der Waals surface area (Å²) in [5, 5.41) is 15.7. The smallest absolute Gasteiger partial charge is 0.335 e. The Balaban J connectivity index is 1.68. The lowest BCUT2D eigenvalue weighted by molar-refractivity contribution is -0.122. The van der Waals surface area contributed by atoms with Gasteiger partial charge in [-0.15, -0.1) is 0 Å². The zero-order valence-corrected chi connectivity index (χ0v) is 19.4. The number of nitrogens with zero attached hydrogens (tertiary/aromatic N) is 2. The van der Waals surface area contributed by atoms with Crippen LogP contribution < -0.4 is 15.5 Å². The number of aromatic carboxylic acids is 1. The number of anilines is 2. The molecular weight excluding hydrogens is 444 g/mol. The average Bonchev–Trinajstić information content (AvgIpc) is 2.80. The highest BCUT2D eigenvalue weighted by atomic mass is 35.5. The van der Waals surface area contributed by atoms with Crippen LogP contribution in [0.3, 0.4) is 0 Å². The number of amides is 2. The number of carboxylic acids is 1. The van der Waals surface area contributed by atoms with Gasteiger partial charge in [0.1, 0.15) is 0 Å². The van der Waals surface area contributed by atoms with E-state index in [2.05, 4.69) is 27.4 Å². The SMILES string of the molecule is CCCCNC(=O)CN1CCN(c2ccc(C(=O)O)cc2NC(=O)c2ccc(Cl)cc2)CC1. The molecule has 0 aromatic heterocycles. The quantitative estimate of drug-likeness (QED) is 0.484. The van der Waals surface area contributed by atoms with Crippen LogP contribution in [0.5, 0.6) is 0 Å². The van der Waals surface area contributed by atoms with Gasteiger partial charge < -0.3 is 20.6 Å². The molecule has 0 saturated carbocycles. The number of carbonyl (C=O) groups excluding carboxylic acids is 2. The van der Waals surface area contributed by atoms with Crippen LogP contribution in [0.2, 0.25) is 5.02 Å². The van der Waals surface area contributed by atoms with Crippen LogP contribution in [0.4, 0.5) is 11.4 Å². The van der Waals surface area contributed by atoms with Crippen molar-refractivity contribution in [1.82, 2.24) is 10.2 Å². The predicted molar refractivity (Wildman–Crippen MR) is 129 cm³/mol. The third-order valence-corrected chi connectivity index (χ3v) is 5.78. The fourth-order valence-electron chi connectivity index (χ4n) is 3.65. The molecule has 176 valence electrons. The molecule has 1 aliphatic heterocycles. The fraction of sp³-hybridized carbons (Fsp3) is 0.375. The first-order valence-electron chi connectivity index (χ1n) is 11.1. The minimum absolute atomic E-state index is 0.0265. The zero-order chi connectivity index (χ0) is 23.8. The lowest BCUT2D eigenvalue weighted by Gasteiger charge is -2.36. The number of unbranched alkanes of at least 4 members (excludes halogenated alkanes) is 1. The van der Waals surface area contributed by atoms with E-state index >= 15 is 0 Å². The summed E-state index contributed by atoms with van der Waals surface area (Å²) in [5.41, 5.74) is 1.69. The van der Waals surface area contributed by atoms with E-state index in [0.29, 0.717) is 55.5 Å². The monoisotopic (exact) mass is 472 g/mol. The van der Waals surface area contributed by atoms with Gasteiger partial charge in [0.2, 0.25) is 5.91 Å². The minimum Gasteiger partial charge on any atom is -0.478 e. The molecule has 0 aliphatic carbocycles. The number of nitrogens with one attached hydrogen (secondary N) is 2. The first-order chi connectivity index (χ1) is 15.9. The predicted octanol–water partition coefficient (Wildman–Crippen LogP) is 3.33.